The monoisotopic (exact) mass is 214 g/mol. The van der Waals surface area contributed by atoms with Crippen LogP contribution in [0.25, 0.3) is 11.2 Å². The Morgan fingerprint density at radius 1 is 1.56 bits per heavy atom. The summed E-state index contributed by atoms with van der Waals surface area (Å²) < 4.78 is 1.62. The highest BCUT2D eigenvalue weighted by Crippen LogP contribution is 2.04. The van der Waals surface area contributed by atoms with E-state index in [2.05, 4.69) is 26.9 Å². The van der Waals surface area contributed by atoms with Gasteiger partial charge >= 0.3 is 0 Å². The predicted octanol–water partition coefficient (Wildman–Crippen LogP) is 0.574. The Morgan fingerprint density at radius 2 is 2.44 bits per heavy atom. The maximum Gasteiger partial charge on any atom is 0.175 e. The fourth-order valence-electron chi connectivity index (χ4n) is 1.12. The lowest BCUT2D eigenvalue weighted by Crippen LogP contribution is -1.88. The number of aromatic nitrogens is 4. The van der Waals surface area contributed by atoms with E-state index in [0.29, 0.717) is 11.2 Å². The molecule has 0 saturated carbocycles. The zero-order chi connectivity index (χ0) is 11.4. The Bertz CT molecular complexity index is 589. The summed E-state index contributed by atoms with van der Waals surface area (Å²) in [7, 11) is 0. The highest BCUT2D eigenvalue weighted by atomic mass is 16.3. The average molecular weight is 214 g/mol. The molecule has 0 amide bonds. The minimum atomic E-state index is 0.0154. The quantitative estimate of drug-likeness (QED) is 0.705. The fraction of sp³-hybridized carbons (Fsp3) is 0.182. The van der Waals surface area contributed by atoms with Crippen LogP contribution in [0.4, 0.5) is 0 Å². The second kappa shape index (κ2) is 4.55. The Kier molecular flexibility index (Phi) is 2.94. The highest BCUT2D eigenvalue weighted by molar-refractivity contribution is 5.70. The van der Waals surface area contributed by atoms with Gasteiger partial charge in [-0.2, -0.15) is 0 Å². The van der Waals surface area contributed by atoms with Crippen LogP contribution < -0.4 is 0 Å². The third kappa shape index (κ3) is 2.07. The summed E-state index contributed by atoms with van der Waals surface area (Å²) in [5.74, 6) is 2.82. The van der Waals surface area contributed by atoms with Gasteiger partial charge in [0.1, 0.15) is 18.2 Å². The molecule has 1 N–H and O–H groups in total. The number of aliphatic hydroxyl groups excluding tert-OH is 1. The van der Waals surface area contributed by atoms with Gasteiger partial charge in [0.25, 0.3) is 0 Å². The van der Waals surface area contributed by atoms with Crippen molar-refractivity contribution in [2.45, 2.75) is 6.92 Å². The molecule has 0 aliphatic heterocycles. The van der Waals surface area contributed by atoms with Crippen molar-refractivity contribution in [3.8, 4) is 12.0 Å². The SMILES string of the molecule is C/C(=C\C#Cn1cnc2cncnc21)CO. The van der Waals surface area contributed by atoms with E-state index in [4.69, 9.17) is 5.11 Å². The van der Waals surface area contributed by atoms with Gasteiger partial charge in [0.2, 0.25) is 0 Å². The Morgan fingerprint density at radius 3 is 3.25 bits per heavy atom. The molecule has 2 rings (SSSR count). The van der Waals surface area contributed by atoms with Crippen molar-refractivity contribution in [3.05, 3.63) is 30.5 Å². The number of aliphatic hydroxyl groups is 1. The minimum Gasteiger partial charge on any atom is -0.392 e. The topological polar surface area (TPSA) is 63.8 Å². The van der Waals surface area contributed by atoms with Gasteiger partial charge in [0.05, 0.1) is 12.8 Å². The van der Waals surface area contributed by atoms with Crippen LogP contribution in [0.1, 0.15) is 6.92 Å². The first-order chi connectivity index (χ1) is 7.81. The predicted molar refractivity (Wildman–Crippen MR) is 59.3 cm³/mol. The summed E-state index contributed by atoms with van der Waals surface area (Å²) in [4.78, 5) is 12.0. The lowest BCUT2D eigenvalue weighted by Gasteiger charge is -1.89. The van der Waals surface area contributed by atoms with E-state index in [1.807, 2.05) is 6.92 Å². The van der Waals surface area contributed by atoms with E-state index in [1.165, 1.54) is 6.33 Å². The molecule has 2 heterocycles. The van der Waals surface area contributed by atoms with Crippen LogP contribution >= 0.6 is 0 Å². The molecule has 0 fully saturated rings. The maximum atomic E-state index is 8.79. The summed E-state index contributed by atoms with van der Waals surface area (Å²) in [5, 5.41) is 8.79. The largest absolute Gasteiger partial charge is 0.392 e. The van der Waals surface area contributed by atoms with Gasteiger partial charge in [-0.05, 0) is 18.6 Å². The first-order valence-electron chi connectivity index (χ1n) is 4.72. The smallest absolute Gasteiger partial charge is 0.175 e. The van der Waals surface area contributed by atoms with E-state index in [9.17, 15) is 0 Å². The molecule has 80 valence electrons. The summed E-state index contributed by atoms with van der Waals surface area (Å²) >= 11 is 0. The van der Waals surface area contributed by atoms with Crippen molar-refractivity contribution in [3.63, 3.8) is 0 Å². The van der Waals surface area contributed by atoms with Crippen molar-refractivity contribution >= 4 is 11.2 Å². The van der Waals surface area contributed by atoms with Crippen LogP contribution in [0.3, 0.4) is 0 Å². The molecule has 0 saturated heterocycles. The van der Waals surface area contributed by atoms with Gasteiger partial charge in [0.15, 0.2) is 5.65 Å². The zero-order valence-electron chi connectivity index (χ0n) is 8.75. The van der Waals surface area contributed by atoms with Crippen molar-refractivity contribution in [1.29, 1.82) is 0 Å². The van der Waals surface area contributed by atoms with Gasteiger partial charge in [-0.3, -0.25) is 0 Å². The van der Waals surface area contributed by atoms with E-state index in [0.717, 1.165) is 5.57 Å². The molecule has 2 aromatic heterocycles. The molecule has 0 unspecified atom stereocenters. The third-order valence-corrected chi connectivity index (χ3v) is 1.97. The molecule has 0 aromatic carbocycles. The molecular formula is C11H10N4O. The molecule has 0 aliphatic rings. The van der Waals surface area contributed by atoms with Gasteiger partial charge < -0.3 is 5.11 Å². The van der Waals surface area contributed by atoms with Crippen molar-refractivity contribution in [2.24, 2.45) is 0 Å². The van der Waals surface area contributed by atoms with Crippen LogP contribution in [0.5, 0.6) is 0 Å². The van der Waals surface area contributed by atoms with E-state index in [-0.39, 0.29) is 6.61 Å². The first kappa shape index (κ1) is 10.3. The number of allylic oxidation sites excluding steroid dienone is 1. The second-order valence-corrected chi connectivity index (χ2v) is 3.25. The maximum absolute atomic E-state index is 8.79. The number of rotatable bonds is 1. The molecule has 16 heavy (non-hydrogen) atoms. The number of nitrogens with zero attached hydrogens (tertiary/aromatic N) is 4. The van der Waals surface area contributed by atoms with Crippen molar-refractivity contribution in [1.82, 2.24) is 19.5 Å². The summed E-state index contributed by atoms with van der Waals surface area (Å²) in [6.07, 6.45) is 6.34. The molecule has 5 nitrogen and oxygen atoms in total. The average Bonchev–Trinajstić information content (AvgIpc) is 2.73. The summed E-state index contributed by atoms with van der Waals surface area (Å²) in [6, 6.07) is 2.86. The lowest BCUT2D eigenvalue weighted by molar-refractivity contribution is 0.331. The number of imidazole rings is 1. The molecular weight excluding hydrogens is 204 g/mol. The Hall–Kier alpha value is -2.19. The number of hydrogen-bond acceptors (Lipinski definition) is 4. The van der Waals surface area contributed by atoms with Gasteiger partial charge in [0, 0.05) is 6.04 Å². The summed E-state index contributed by atoms with van der Waals surface area (Å²) in [5.41, 5.74) is 2.20. The normalized spacial score (nSPS) is 11.2. The first-order valence-corrected chi connectivity index (χ1v) is 4.72. The molecule has 2 aromatic rings. The molecule has 0 bridgehead atoms. The number of fused-ring (bicyclic) bond motifs is 1. The molecule has 5 heteroatoms. The third-order valence-electron chi connectivity index (χ3n) is 1.97. The Balaban J connectivity index is 2.35. The lowest BCUT2D eigenvalue weighted by atomic mass is 10.3. The molecule has 0 spiro atoms. The van der Waals surface area contributed by atoms with Crippen LogP contribution in [-0.4, -0.2) is 31.2 Å². The van der Waals surface area contributed by atoms with E-state index < -0.39 is 0 Å². The standard InChI is InChI=1S/C11H10N4O/c1-9(6-16)3-2-4-15-8-14-10-5-12-7-13-11(10)15/h3,5,7-8,16H,6H2,1H3/b9-3+. The van der Waals surface area contributed by atoms with Crippen LogP contribution in [0.2, 0.25) is 0 Å². The van der Waals surface area contributed by atoms with Gasteiger partial charge in [-0.25, -0.2) is 19.5 Å². The number of hydrogen-bond donors (Lipinski definition) is 1. The van der Waals surface area contributed by atoms with Gasteiger partial charge in [-0.15, -0.1) is 0 Å². The van der Waals surface area contributed by atoms with E-state index in [1.54, 1.807) is 23.2 Å². The van der Waals surface area contributed by atoms with Crippen LogP contribution in [0, 0.1) is 12.0 Å². The highest BCUT2D eigenvalue weighted by Gasteiger charge is 1.99. The minimum absolute atomic E-state index is 0.0154. The van der Waals surface area contributed by atoms with Gasteiger partial charge in [-0.1, -0.05) is 5.92 Å². The second-order valence-electron chi connectivity index (χ2n) is 3.25. The van der Waals surface area contributed by atoms with Crippen LogP contribution in [-0.2, 0) is 0 Å². The summed E-state index contributed by atoms with van der Waals surface area (Å²) in [6.45, 7) is 1.82. The Labute approximate surface area is 92.5 Å². The zero-order valence-corrected chi connectivity index (χ0v) is 8.75. The molecule has 0 radical (unpaired) electrons. The molecule has 0 aliphatic carbocycles. The van der Waals surface area contributed by atoms with Crippen molar-refractivity contribution in [2.75, 3.05) is 6.61 Å². The fourth-order valence-corrected chi connectivity index (χ4v) is 1.12. The molecule has 0 atom stereocenters. The van der Waals surface area contributed by atoms with E-state index >= 15 is 0 Å². The van der Waals surface area contributed by atoms with Crippen LogP contribution in [0.15, 0.2) is 30.5 Å². The van der Waals surface area contributed by atoms with Crippen molar-refractivity contribution < 1.29 is 5.11 Å².